The maximum Gasteiger partial charge on any atom is 0.305 e. The topological polar surface area (TPSA) is 92.8 Å². The van der Waals surface area contributed by atoms with Crippen molar-refractivity contribution in [2.45, 2.75) is 50.5 Å². The molecule has 5 heteroatoms. The van der Waals surface area contributed by atoms with Gasteiger partial charge in [-0.2, -0.15) is 0 Å². The molecule has 4 N–H and O–H groups in total. The van der Waals surface area contributed by atoms with E-state index < -0.39 is 12.1 Å². The SMILES string of the molecule is CCC1O[C@H](CC(=O)O)C[C@H](N)[C@H]1O. The summed E-state index contributed by atoms with van der Waals surface area (Å²) in [5.41, 5.74) is 5.69. The molecule has 1 unspecified atom stereocenters. The molecule has 1 rings (SSSR count). The molecule has 0 spiro atoms. The van der Waals surface area contributed by atoms with Gasteiger partial charge in [0, 0.05) is 6.04 Å². The van der Waals surface area contributed by atoms with E-state index in [9.17, 15) is 9.90 Å². The Kier molecular flexibility index (Phi) is 3.86. The second-order valence-electron chi connectivity index (χ2n) is 3.69. The highest BCUT2D eigenvalue weighted by Crippen LogP contribution is 2.22. The summed E-state index contributed by atoms with van der Waals surface area (Å²) in [5.74, 6) is -0.895. The molecular formula is C9H17NO4. The lowest BCUT2D eigenvalue weighted by atomic mass is 9.93. The molecule has 0 saturated carbocycles. The van der Waals surface area contributed by atoms with Crippen LogP contribution in [0.25, 0.3) is 0 Å². The van der Waals surface area contributed by atoms with Gasteiger partial charge in [-0.1, -0.05) is 6.92 Å². The van der Waals surface area contributed by atoms with Crippen molar-refractivity contribution in [2.75, 3.05) is 0 Å². The first-order chi connectivity index (χ1) is 6.54. The number of carboxylic acid groups (broad SMARTS) is 1. The van der Waals surface area contributed by atoms with Gasteiger partial charge in [0.2, 0.25) is 0 Å². The number of nitrogens with two attached hydrogens (primary N) is 1. The van der Waals surface area contributed by atoms with Crippen LogP contribution in [0.5, 0.6) is 0 Å². The van der Waals surface area contributed by atoms with Gasteiger partial charge in [-0.05, 0) is 12.8 Å². The number of carbonyl (C=O) groups is 1. The summed E-state index contributed by atoms with van der Waals surface area (Å²) in [7, 11) is 0. The van der Waals surface area contributed by atoms with E-state index in [-0.39, 0.29) is 24.7 Å². The molecule has 1 fully saturated rings. The average molecular weight is 203 g/mol. The van der Waals surface area contributed by atoms with E-state index >= 15 is 0 Å². The van der Waals surface area contributed by atoms with Crippen molar-refractivity contribution in [3.8, 4) is 0 Å². The predicted octanol–water partition coefficient (Wildman–Crippen LogP) is -0.283. The second-order valence-corrected chi connectivity index (χ2v) is 3.69. The molecule has 14 heavy (non-hydrogen) atoms. The predicted molar refractivity (Wildman–Crippen MR) is 49.8 cm³/mol. The standard InChI is InChI=1S/C9H17NO4/c1-2-7-9(13)6(10)3-5(14-7)4-8(11)12/h5-7,9,13H,2-4,10H2,1H3,(H,11,12)/t5-,6-,7?,9+/m0/s1. The summed E-state index contributed by atoms with van der Waals surface area (Å²) in [4.78, 5) is 10.5. The molecule has 1 aliphatic rings. The Hall–Kier alpha value is -0.650. The van der Waals surface area contributed by atoms with Gasteiger partial charge in [-0.15, -0.1) is 0 Å². The van der Waals surface area contributed by atoms with Gasteiger partial charge >= 0.3 is 5.97 Å². The quantitative estimate of drug-likeness (QED) is 0.586. The molecular weight excluding hydrogens is 186 g/mol. The number of ether oxygens (including phenoxy) is 1. The minimum Gasteiger partial charge on any atom is -0.481 e. The van der Waals surface area contributed by atoms with E-state index in [0.717, 1.165) is 0 Å². The normalized spacial score (nSPS) is 38.2. The fraction of sp³-hybridized carbons (Fsp3) is 0.889. The van der Waals surface area contributed by atoms with Crippen molar-refractivity contribution in [2.24, 2.45) is 5.73 Å². The van der Waals surface area contributed by atoms with Gasteiger partial charge in [0.1, 0.15) is 0 Å². The van der Waals surface area contributed by atoms with Gasteiger partial charge in [-0.25, -0.2) is 0 Å². The van der Waals surface area contributed by atoms with Crippen LogP contribution in [-0.4, -0.2) is 40.5 Å². The Morgan fingerprint density at radius 3 is 2.79 bits per heavy atom. The number of aliphatic hydroxyl groups excluding tert-OH is 1. The summed E-state index contributed by atoms with van der Waals surface area (Å²) in [6.07, 6.45) is -0.365. The van der Waals surface area contributed by atoms with Crippen molar-refractivity contribution < 1.29 is 19.7 Å². The molecule has 1 heterocycles. The molecule has 1 saturated heterocycles. The smallest absolute Gasteiger partial charge is 0.305 e. The first-order valence-electron chi connectivity index (χ1n) is 4.85. The van der Waals surface area contributed by atoms with Crippen LogP contribution in [0.3, 0.4) is 0 Å². The summed E-state index contributed by atoms with van der Waals surface area (Å²) in [6, 6.07) is -0.377. The van der Waals surface area contributed by atoms with Crippen LogP contribution in [0.4, 0.5) is 0 Å². The summed E-state index contributed by atoms with van der Waals surface area (Å²) in [5, 5.41) is 18.2. The van der Waals surface area contributed by atoms with Crippen molar-refractivity contribution in [3.05, 3.63) is 0 Å². The number of aliphatic hydroxyl groups is 1. The third-order valence-corrected chi connectivity index (χ3v) is 2.53. The molecule has 0 aromatic rings. The minimum atomic E-state index is -0.895. The number of hydrogen-bond acceptors (Lipinski definition) is 4. The third kappa shape index (κ3) is 2.67. The largest absolute Gasteiger partial charge is 0.481 e. The first-order valence-corrected chi connectivity index (χ1v) is 4.85. The zero-order chi connectivity index (χ0) is 10.7. The maximum atomic E-state index is 10.5. The summed E-state index contributed by atoms with van der Waals surface area (Å²) in [6.45, 7) is 1.88. The van der Waals surface area contributed by atoms with Crippen LogP contribution < -0.4 is 5.73 Å². The molecule has 5 nitrogen and oxygen atoms in total. The van der Waals surface area contributed by atoms with Crippen LogP contribution >= 0.6 is 0 Å². The Bertz CT molecular complexity index is 209. The highest BCUT2D eigenvalue weighted by Gasteiger charge is 2.35. The van der Waals surface area contributed by atoms with E-state index in [2.05, 4.69) is 0 Å². The van der Waals surface area contributed by atoms with Gasteiger partial charge in [0.05, 0.1) is 24.7 Å². The van der Waals surface area contributed by atoms with Crippen molar-refractivity contribution >= 4 is 5.97 Å². The van der Waals surface area contributed by atoms with Crippen molar-refractivity contribution in [1.82, 2.24) is 0 Å². The van der Waals surface area contributed by atoms with Gasteiger partial charge in [0.15, 0.2) is 0 Å². The minimum absolute atomic E-state index is 0.0447. The number of aliphatic carboxylic acids is 1. The Balaban J connectivity index is 2.53. The molecule has 0 radical (unpaired) electrons. The third-order valence-electron chi connectivity index (χ3n) is 2.53. The fourth-order valence-electron chi connectivity index (χ4n) is 1.77. The van der Waals surface area contributed by atoms with Crippen LogP contribution in [0.1, 0.15) is 26.2 Å². The molecule has 0 aliphatic carbocycles. The lowest BCUT2D eigenvalue weighted by Crippen LogP contribution is -2.52. The lowest BCUT2D eigenvalue weighted by molar-refractivity contribution is -0.153. The zero-order valence-corrected chi connectivity index (χ0v) is 8.22. The zero-order valence-electron chi connectivity index (χ0n) is 8.22. The second kappa shape index (κ2) is 4.72. The van der Waals surface area contributed by atoms with Gasteiger partial charge < -0.3 is 20.7 Å². The van der Waals surface area contributed by atoms with Gasteiger partial charge in [-0.3, -0.25) is 4.79 Å². The highest BCUT2D eigenvalue weighted by molar-refractivity contribution is 5.67. The monoisotopic (exact) mass is 203 g/mol. The Labute approximate surface area is 82.9 Å². The van der Waals surface area contributed by atoms with Gasteiger partial charge in [0.25, 0.3) is 0 Å². The van der Waals surface area contributed by atoms with E-state index in [0.29, 0.717) is 12.8 Å². The molecule has 82 valence electrons. The maximum absolute atomic E-state index is 10.5. The lowest BCUT2D eigenvalue weighted by Gasteiger charge is -2.37. The van der Waals surface area contributed by atoms with Crippen LogP contribution in [-0.2, 0) is 9.53 Å². The fourth-order valence-corrected chi connectivity index (χ4v) is 1.77. The Morgan fingerprint density at radius 2 is 2.29 bits per heavy atom. The number of hydrogen-bond donors (Lipinski definition) is 3. The molecule has 0 bridgehead atoms. The Morgan fingerprint density at radius 1 is 1.64 bits per heavy atom. The van der Waals surface area contributed by atoms with Crippen LogP contribution in [0.15, 0.2) is 0 Å². The number of rotatable bonds is 3. The van der Waals surface area contributed by atoms with E-state index in [1.54, 1.807) is 0 Å². The molecule has 0 aromatic heterocycles. The highest BCUT2D eigenvalue weighted by atomic mass is 16.5. The van der Waals surface area contributed by atoms with Crippen LogP contribution in [0.2, 0.25) is 0 Å². The molecule has 0 aromatic carbocycles. The van der Waals surface area contributed by atoms with E-state index in [1.807, 2.05) is 6.92 Å². The average Bonchev–Trinajstić information content (AvgIpc) is 2.10. The summed E-state index contributed by atoms with van der Waals surface area (Å²) < 4.78 is 5.42. The van der Waals surface area contributed by atoms with Crippen LogP contribution in [0, 0.1) is 0 Å². The number of carboxylic acids is 1. The van der Waals surface area contributed by atoms with Crippen molar-refractivity contribution in [3.63, 3.8) is 0 Å². The van der Waals surface area contributed by atoms with E-state index in [4.69, 9.17) is 15.6 Å². The molecule has 1 aliphatic heterocycles. The summed E-state index contributed by atoms with van der Waals surface area (Å²) >= 11 is 0. The van der Waals surface area contributed by atoms with Crippen molar-refractivity contribution in [1.29, 1.82) is 0 Å². The van der Waals surface area contributed by atoms with E-state index in [1.165, 1.54) is 0 Å². The molecule has 0 amide bonds. The first kappa shape index (κ1) is 11.4. The molecule has 4 atom stereocenters.